The number of fused-ring (bicyclic) bond motifs is 1. The van der Waals surface area contributed by atoms with Crippen LogP contribution in [0, 0.1) is 0 Å². The summed E-state index contributed by atoms with van der Waals surface area (Å²) in [5, 5.41) is 14.5. The fourth-order valence-corrected chi connectivity index (χ4v) is 4.56. The first-order valence-corrected chi connectivity index (χ1v) is 10.8. The van der Waals surface area contributed by atoms with E-state index >= 15 is 0 Å². The number of hydrogen-bond acceptors (Lipinski definition) is 7. The third kappa shape index (κ3) is 3.88. The Morgan fingerprint density at radius 2 is 1.84 bits per heavy atom. The molecule has 156 valence electrons. The number of aromatic nitrogens is 2. The summed E-state index contributed by atoms with van der Waals surface area (Å²) in [5.74, 6) is -0.126. The van der Waals surface area contributed by atoms with E-state index in [2.05, 4.69) is 32.1 Å². The molecule has 1 N–H and O–H groups in total. The van der Waals surface area contributed by atoms with E-state index in [-0.39, 0.29) is 0 Å². The van der Waals surface area contributed by atoms with Crippen LogP contribution in [0.2, 0.25) is 0 Å². The van der Waals surface area contributed by atoms with Gasteiger partial charge in [-0.1, -0.05) is 24.3 Å². The van der Waals surface area contributed by atoms with E-state index in [4.69, 9.17) is 4.74 Å². The van der Waals surface area contributed by atoms with Gasteiger partial charge in [0.2, 0.25) is 0 Å². The van der Waals surface area contributed by atoms with Gasteiger partial charge in [0.05, 0.1) is 24.4 Å². The molecular formula is C23H20N4O3S. The highest BCUT2D eigenvalue weighted by Crippen LogP contribution is 2.35. The normalized spacial score (nSPS) is 14.6. The number of hydrogen-bond donors (Lipinski definition) is 1. The van der Waals surface area contributed by atoms with E-state index < -0.39 is 5.97 Å². The maximum Gasteiger partial charge on any atom is 0.345 e. The summed E-state index contributed by atoms with van der Waals surface area (Å²) in [5.41, 5.74) is 2.79. The maximum atomic E-state index is 11.3. The number of hydrazine groups is 1. The average Bonchev–Trinajstić information content (AvgIpc) is 3.31. The van der Waals surface area contributed by atoms with Crippen molar-refractivity contribution in [2.24, 2.45) is 0 Å². The van der Waals surface area contributed by atoms with Gasteiger partial charge in [0.25, 0.3) is 0 Å². The van der Waals surface area contributed by atoms with Crippen LogP contribution in [0.3, 0.4) is 0 Å². The predicted molar refractivity (Wildman–Crippen MR) is 121 cm³/mol. The molecule has 4 aromatic rings. The lowest BCUT2D eigenvalue weighted by Gasteiger charge is -2.38. The van der Waals surface area contributed by atoms with Crippen molar-refractivity contribution in [2.45, 2.75) is 0 Å². The molecule has 3 heterocycles. The standard InChI is InChI=1S/C23H20N4O3S/c28-23(29)21-9-8-20(31-21)16-6-7-19-18(14-16)22(25-15-24-19)27(17-4-2-1-3-5-17)26-10-12-30-13-11-26/h1-9,14-15H,10-13H2,(H,28,29). The molecule has 5 rings (SSSR count). The Morgan fingerprint density at radius 1 is 1.03 bits per heavy atom. The van der Waals surface area contributed by atoms with Crippen molar-refractivity contribution >= 4 is 39.7 Å². The fraction of sp³-hybridized carbons (Fsp3) is 0.174. The summed E-state index contributed by atoms with van der Waals surface area (Å²) >= 11 is 1.26. The van der Waals surface area contributed by atoms with Gasteiger partial charge in [-0.3, -0.25) is 5.01 Å². The number of rotatable bonds is 5. The molecule has 0 unspecified atom stereocenters. The molecular weight excluding hydrogens is 412 g/mol. The zero-order valence-corrected chi connectivity index (χ0v) is 17.5. The number of carboxylic acid groups (broad SMARTS) is 1. The Hall–Kier alpha value is -3.33. The monoisotopic (exact) mass is 432 g/mol. The second kappa shape index (κ2) is 8.43. The first-order valence-electron chi connectivity index (χ1n) is 9.97. The Bertz CT molecular complexity index is 1220. The minimum Gasteiger partial charge on any atom is -0.477 e. The summed E-state index contributed by atoms with van der Waals surface area (Å²) in [6.45, 7) is 2.83. The number of morpholine rings is 1. The van der Waals surface area contributed by atoms with Crippen molar-refractivity contribution in [1.29, 1.82) is 0 Å². The van der Waals surface area contributed by atoms with E-state index in [0.717, 1.165) is 45.9 Å². The fourth-order valence-electron chi connectivity index (χ4n) is 3.72. The van der Waals surface area contributed by atoms with Gasteiger partial charge in [-0.15, -0.1) is 11.3 Å². The van der Waals surface area contributed by atoms with Crippen LogP contribution in [-0.2, 0) is 4.74 Å². The van der Waals surface area contributed by atoms with E-state index in [9.17, 15) is 9.90 Å². The van der Waals surface area contributed by atoms with Crippen molar-refractivity contribution in [3.63, 3.8) is 0 Å². The molecule has 0 amide bonds. The van der Waals surface area contributed by atoms with Gasteiger partial charge in [-0.05, 0) is 42.0 Å². The molecule has 1 fully saturated rings. The van der Waals surface area contributed by atoms with E-state index in [1.807, 2.05) is 42.5 Å². The van der Waals surface area contributed by atoms with E-state index in [1.165, 1.54) is 11.3 Å². The molecule has 1 saturated heterocycles. The lowest BCUT2D eigenvalue weighted by atomic mass is 10.1. The van der Waals surface area contributed by atoms with Crippen LogP contribution >= 0.6 is 11.3 Å². The van der Waals surface area contributed by atoms with E-state index in [0.29, 0.717) is 18.1 Å². The Labute approximate surface area is 183 Å². The minimum absolute atomic E-state index is 0.318. The maximum absolute atomic E-state index is 11.3. The minimum atomic E-state index is -0.913. The summed E-state index contributed by atoms with van der Waals surface area (Å²) in [6, 6.07) is 19.6. The highest BCUT2D eigenvalue weighted by molar-refractivity contribution is 7.17. The number of ether oxygens (including phenoxy) is 1. The number of aromatic carboxylic acids is 1. The second-order valence-corrected chi connectivity index (χ2v) is 8.20. The van der Waals surface area contributed by atoms with Gasteiger partial charge in [-0.2, -0.15) is 0 Å². The number of thiophene rings is 1. The third-order valence-corrected chi connectivity index (χ3v) is 6.31. The Kier molecular flexibility index (Phi) is 5.33. The molecule has 8 heteroatoms. The second-order valence-electron chi connectivity index (χ2n) is 7.11. The molecule has 0 saturated carbocycles. The molecule has 1 aliphatic rings. The number of nitrogens with zero attached hydrogens (tertiary/aromatic N) is 4. The zero-order chi connectivity index (χ0) is 21.2. The quantitative estimate of drug-likeness (QED) is 0.499. The van der Waals surface area contributed by atoms with Crippen LogP contribution in [0.1, 0.15) is 9.67 Å². The molecule has 0 aliphatic carbocycles. The van der Waals surface area contributed by atoms with E-state index in [1.54, 1.807) is 12.4 Å². The predicted octanol–water partition coefficient (Wildman–Crippen LogP) is 4.44. The molecule has 0 atom stereocenters. The molecule has 7 nitrogen and oxygen atoms in total. The number of para-hydroxylation sites is 1. The molecule has 2 aromatic heterocycles. The van der Waals surface area contributed by atoms with Crippen molar-refractivity contribution in [3.8, 4) is 10.4 Å². The molecule has 0 spiro atoms. The Morgan fingerprint density at radius 3 is 2.58 bits per heavy atom. The van der Waals surface area contributed by atoms with Crippen LogP contribution < -0.4 is 5.01 Å². The van der Waals surface area contributed by atoms with Crippen molar-refractivity contribution in [2.75, 3.05) is 31.3 Å². The van der Waals surface area contributed by atoms with Gasteiger partial charge in [0, 0.05) is 23.4 Å². The number of carbonyl (C=O) groups is 1. The molecule has 31 heavy (non-hydrogen) atoms. The van der Waals surface area contributed by atoms with Gasteiger partial charge in [0.15, 0.2) is 5.82 Å². The van der Waals surface area contributed by atoms with Crippen LogP contribution in [0.25, 0.3) is 21.3 Å². The molecule has 0 radical (unpaired) electrons. The summed E-state index contributed by atoms with van der Waals surface area (Å²) in [4.78, 5) is 21.6. The first kappa shape index (κ1) is 19.6. The summed E-state index contributed by atoms with van der Waals surface area (Å²) < 4.78 is 5.56. The SMILES string of the molecule is O=C(O)c1ccc(-c2ccc3ncnc(N(c4ccccc4)N4CCOCC4)c3c2)s1. The zero-order valence-electron chi connectivity index (χ0n) is 16.6. The van der Waals surface area contributed by atoms with Crippen LogP contribution in [0.15, 0.2) is 67.0 Å². The van der Waals surface area contributed by atoms with Gasteiger partial charge < -0.3 is 9.84 Å². The topological polar surface area (TPSA) is 78.8 Å². The number of carboxylic acids is 1. The molecule has 0 bridgehead atoms. The number of benzene rings is 2. The Balaban J connectivity index is 1.65. The van der Waals surface area contributed by atoms with Crippen LogP contribution in [-0.4, -0.2) is 52.4 Å². The van der Waals surface area contributed by atoms with Crippen molar-refractivity contribution < 1.29 is 14.6 Å². The first-order chi connectivity index (χ1) is 15.2. The summed E-state index contributed by atoms with van der Waals surface area (Å²) in [7, 11) is 0. The number of anilines is 2. The van der Waals surface area contributed by atoms with Crippen LogP contribution in [0.4, 0.5) is 11.5 Å². The molecule has 1 aliphatic heterocycles. The highest BCUT2D eigenvalue weighted by atomic mass is 32.1. The average molecular weight is 433 g/mol. The van der Waals surface area contributed by atoms with Gasteiger partial charge in [0.1, 0.15) is 11.2 Å². The lowest BCUT2D eigenvalue weighted by molar-refractivity contribution is 0.0376. The highest BCUT2D eigenvalue weighted by Gasteiger charge is 2.24. The largest absolute Gasteiger partial charge is 0.477 e. The lowest BCUT2D eigenvalue weighted by Crippen LogP contribution is -2.47. The van der Waals surface area contributed by atoms with Crippen molar-refractivity contribution in [1.82, 2.24) is 15.0 Å². The van der Waals surface area contributed by atoms with Gasteiger partial charge >= 0.3 is 5.97 Å². The van der Waals surface area contributed by atoms with Crippen LogP contribution in [0.5, 0.6) is 0 Å². The van der Waals surface area contributed by atoms with Gasteiger partial charge in [-0.25, -0.2) is 19.8 Å². The smallest absolute Gasteiger partial charge is 0.345 e. The third-order valence-electron chi connectivity index (χ3n) is 5.19. The van der Waals surface area contributed by atoms with Crippen molar-refractivity contribution in [3.05, 3.63) is 71.9 Å². The summed E-state index contributed by atoms with van der Waals surface area (Å²) in [6.07, 6.45) is 1.58. The molecule has 2 aromatic carbocycles.